The Bertz CT molecular complexity index is 215. The summed E-state index contributed by atoms with van der Waals surface area (Å²) in [5.41, 5.74) is 6.42. The molecule has 2 aliphatic rings. The van der Waals surface area contributed by atoms with Gasteiger partial charge in [0.05, 0.1) is 6.61 Å². The predicted molar refractivity (Wildman–Crippen MR) is 62.5 cm³/mol. The van der Waals surface area contributed by atoms with Crippen LogP contribution in [0.3, 0.4) is 0 Å². The van der Waals surface area contributed by atoms with Gasteiger partial charge in [0, 0.05) is 6.04 Å². The first-order chi connectivity index (χ1) is 7.13. The van der Waals surface area contributed by atoms with Crippen LogP contribution in [0.15, 0.2) is 0 Å². The Labute approximate surface area is 93.2 Å². The van der Waals surface area contributed by atoms with Crippen molar-refractivity contribution in [1.82, 2.24) is 0 Å². The van der Waals surface area contributed by atoms with E-state index in [1.54, 1.807) is 0 Å². The van der Waals surface area contributed by atoms with Gasteiger partial charge in [-0.05, 0) is 49.4 Å². The third-order valence-corrected chi connectivity index (χ3v) is 4.49. The van der Waals surface area contributed by atoms with Gasteiger partial charge in [0.2, 0.25) is 0 Å². The molecule has 15 heavy (non-hydrogen) atoms. The van der Waals surface area contributed by atoms with Gasteiger partial charge in [-0.2, -0.15) is 0 Å². The summed E-state index contributed by atoms with van der Waals surface area (Å²) in [7, 11) is 0. The second-order valence-corrected chi connectivity index (χ2v) is 6.15. The highest BCUT2D eigenvalue weighted by Crippen LogP contribution is 2.53. The van der Waals surface area contributed by atoms with E-state index in [1.165, 1.54) is 38.5 Å². The van der Waals surface area contributed by atoms with Gasteiger partial charge in [-0.15, -0.1) is 0 Å². The van der Waals surface area contributed by atoms with Crippen LogP contribution in [-0.2, 0) is 0 Å². The van der Waals surface area contributed by atoms with Gasteiger partial charge in [-0.3, -0.25) is 0 Å². The molecule has 0 radical (unpaired) electrons. The summed E-state index contributed by atoms with van der Waals surface area (Å²) in [6.45, 7) is 2.54. The fourth-order valence-corrected chi connectivity index (χ4v) is 4.25. The van der Waals surface area contributed by atoms with Gasteiger partial charge in [-0.25, -0.2) is 0 Å². The lowest BCUT2D eigenvalue weighted by Crippen LogP contribution is -2.41. The summed E-state index contributed by atoms with van der Waals surface area (Å²) in [6, 6.07) is 0.00838. The largest absolute Gasteiger partial charge is 0.395 e. The van der Waals surface area contributed by atoms with Crippen LogP contribution in [0.4, 0.5) is 0 Å². The summed E-state index contributed by atoms with van der Waals surface area (Å²) in [5.74, 6) is 1.82. The summed E-state index contributed by atoms with van der Waals surface area (Å²) in [4.78, 5) is 0. The van der Waals surface area contributed by atoms with E-state index >= 15 is 0 Å². The van der Waals surface area contributed by atoms with Crippen LogP contribution in [0.5, 0.6) is 0 Å². The molecule has 2 bridgehead atoms. The van der Waals surface area contributed by atoms with E-state index in [1.807, 2.05) is 0 Å². The smallest absolute Gasteiger partial charge is 0.0582 e. The Morgan fingerprint density at radius 3 is 3.00 bits per heavy atom. The highest BCUT2D eigenvalue weighted by atomic mass is 16.3. The van der Waals surface area contributed by atoms with Crippen molar-refractivity contribution < 1.29 is 5.11 Å². The van der Waals surface area contributed by atoms with Crippen molar-refractivity contribution in [2.45, 2.75) is 57.9 Å². The van der Waals surface area contributed by atoms with E-state index in [4.69, 9.17) is 10.8 Å². The fourth-order valence-electron chi connectivity index (χ4n) is 4.25. The Morgan fingerprint density at radius 1 is 1.47 bits per heavy atom. The zero-order valence-corrected chi connectivity index (χ0v) is 9.91. The number of hydrogen-bond acceptors (Lipinski definition) is 2. The van der Waals surface area contributed by atoms with Crippen molar-refractivity contribution >= 4 is 0 Å². The Morgan fingerprint density at radius 2 is 2.27 bits per heavy atom. The SMILES string of the molecule is CC1CC2CCCC(CC(N)CO)(C1)C2. The average Bonchev–Trinajstić information content (AvgIpc) is 2.15. The molecule has 2 aliphatic carbocycles. The maximum atomic E-state index is 9.10. The van der Waals surface area contributed by atoms with Gasteiger partial charge in [0.1, 0.15) is 0 Å². The highest BCUT2D eigenvalue weighted by molar-refractivity contribution is 4.94. The molecule has 4 unspecified atom stereocenters. The molecule has 2 nitrogen and oxygen atoms in total. The summed E-state index contributed by atoms with van der Waals surface area (Å²) in [5, 5.41) is 9.10. The summed E-state index contributed by atoms with van der Waals surface area (Å²) < 4.78 is 0. The van der Waals surface area contributed by atoms with Crippen LogP contribution in [0.25, 0.3) is 0 Å². The van der Waals surface area contributed by atoms with Crippen molar-refractivity contribution in [3.05, 3.63) is 0 Å². The minimum atomic E-state index is 0.00838. The molecule has 2 fully saturated rings. The molecule has 0 aliphatic heterocycles. The number of nitrogens with two attached hydrogens (primary N) is 1. The van der Waals surface area contributed by atoms with Gasteiger partial charge < -0.3 is 10.8 Å². The van der Waals surface area contributed by atoms with E-state index in [0.29, 0.717) is 5.41 Å². The molecule has 2 saturated carbocycles. The zero-order chi connectivity index (χ0) is 10.9. The normalized spacial score (nSPS) is 42.6. The first-order valence-corrected chi connectivity index (χ1v) is 6.50. The van der Waals surface area contributed by atoms with E-state index in [-0.39, 0.29) is 12.6 Å². The second-order valence-electron chi connectivity index (χ2n) is 6.15. The quantitative estimate of drug-likeness (QED) is 0.752. The molecule has 4 atom stereocenters. The maximum Gasteiger partial charge on any atom is 0.0582 e. The van der Waals surface area contributed by atoms with Gasteiger partial charge in [-0.1, -0.05) is 19.8 Å². The summed E-state index contributed by atoms with van der Waals surface area (Å²) in [6.07, 6.45) is 9.36. The average molecular weight is 211 g/mol. The number of hydrogen-bond donors (Lipinski definition) is 2. The molecule has 0 aromatic rings. The third kappa shape index (κ3) is 2.54. The zero-order valence-electron chi connectivity index (χ0n) is 9.91. The van der Waals surface area contributed by atoms with Crippen LogP contribution >= 0.6 is 0 Å². The van der Waals surface area contributed by atoms with E-state index in [0.717, 1.165) is 18.3 Å². The van der Waals surface area contributed by atoms with Crippen molar-refractivity contribution in [2.75, 3.05) is 6.61 Å². The van der Waals surface area contributed by atoms with Crippen LogP contribution in [0.1, 0.15) is 51.9 Å². The number of fused-ring (bicyclic) bond motifs is 2. The summed E-state index contributed by atoms with van der Waals surface area (Å²) >= 11 is 0. The van der Waals surface area contributed by atoms with Crippen LogP contribution in [0.2, 0.25) is 0 Å². The van der Waals surface area contributed by atoms with E-state index < -0.39 is 0 Å². The monoisotopic (exact) mass is 211 g/mol. The molecule has 0 saturated heterocycles. The lowest BCUT2D eigenvalue weighted by Gasteiger charge is -2.49. The lowest BCUT2D eigenvalue weighted by molar-refractivity contribution is 0.0268. The van der Waals surface area contributed by atoms with Crippen LogP contribution < -0.4 is 5.73 Å². The Kier molecular flexibility index (Phi) is 3.36. The minimum Gasteiger partial charge on any atom is -0.395 e. The van der Waals surface area contributed by atoms with Gasteiger partial charge in [0.25, 0.3) is 0 Å². The topological polar surface area (TPSA) is 46.2 Å². The van der Waals surface area contributed by atoms with E-state index in [2.05, 4.69) is 6.92 Å². The van der Waals surface area contributed by atoms with E-state index in [9.17, 15) is 0 Å². The molecule has 0 aromatic heterocycles. The fraction of sp³-hybridized carbons (Fsp3) is 1.00. The minimum absolute atomic E-state index is 0.00838. The third-order valence-electron chi connectivity index (χ3n) is 4.49. The predicted octanol–water partition coefficient (Wildman–Crippen LogP) is 2.30. The van der Waals surface area contributed by atoms with Gasteiger partial charge >= 0.3 is 0 Å². The first kappa shape index (κ1) is 11.4. The highest BCUT2D eigenvalue weighted by Gasteiger charge is 2.42. The molecule has 0 aromatic carbocycles. The molecule has 0 spiro atoms. The molecule has 0 heterocycles. The van der Waals surface area contributed by atoms with Crippen LogP contribution in [-0.4, -0.2) is 17.8 Å². The molecule has 2 heteroatoms. The number of aliphatic hydroxyl groups excluding tert-OH is 1. The second kappa shape index (κ2) is 4.42. The molecular weight excluding hydrogens is 186 g/mol. The molecule has 0 amide bonds. The lowest BCUT2D eigenvalue weighted by atomic mass is 9.57. The number of rotatable bonds is 3. The van der Waals surface area contributed by atoms with Crippen LogP contribution in [0, 0.1) is 17.3 Å². The maximum absolute atomic E-state index is 9.10. The van der Waals surface area contributed by atoms with Crippen molar-refractivity contribution in [1.29, 1.82) is 0 Å². The van der Waals surface area contributed by atoms with Crippen molar-refractivity contribution in [3.63, 3.8) is 0 Å². The van der Waals surface area contributed by atoms with Crippen molar-refractivity contribution in [3.8, 4) is 0 Å². The molecule has 2 rings (SSSR count). The Balaban J connectivity index is 2.03. The number of aliphatic hydroxyl groups is 1. The molecule has 3 N–H and O–H groups in total. The molecular formula is C13H25NO. The van der Waals surface area contributed by atoms with Gasteiger partial charge in [0.15, 0.2) is 0 Å². The van der Waals surface area contributed by atoms with Crippen molar-refractivity contribution in [2.24, 2.45) is 23.0 Å². The first-order valence-electron chi connectivity index (χ1n) is 6.50. The molecule has 88 valence electrons. The standard InChI is InChI=1S/C13H25NO/c1-10-5-11-3-2-4-13(6-10,7-11)8-12(14)9-15/h10-12,15H,2-9,14H2,1H3. The Hall–Kier alpha value is -0.0800.